The van der Waals surface area contributed by atoms with Gasteiger partial charge in [0.15, 0.2) is 0 Å². The van der Waals surface area contributed by atoms with Gasteiger partial charge in [-0.3, -0.25) is 4.79 Å². The first kappa shape index (κ1) is 13.8. The van der Waals surface area contributed by atoms with Gasteiger partial charge in [0.05, 0.1) is 6.61 Å². The smallest absolute Gasteiger partial charge is 0.222 e. The number of carbonyl (C=O) groups excluding carboxylic acids is 1. The van der Waals surface area contributed by atoms with Crippen molar-refractivity contribution in [1.29, 1.82) is 0 Å². The predicted octanol–water partition coefficient (Wildman–Crippen LogP) is 3.16. The maximum atomic E-state index is 12.3. The molecule has 1 aliphatic carbocycles. The second-order valence-corrected chi connectivity index (χ2v) is 7.89. The molecular formula is C17H23NO2S. The second-order valence-electron chi connectivity index (χ2n) is 6.92. The highest BCUT2D eigenvalue weighted by Crippen LogP contribution is 2.39. The first-order valence-electron chi connectivity index (χ1n) is 8.19. The highest BCUT2D eigenvalue weighted by Gasteiger charge is 2.41. The summed E-state index contributed by atoms with van der Waals surface area (Å²) in [5.41, 5.74) is 3.23. The molecule has 3 aliphatic rings. The zero-order chi connectivity index (χ0) is 14.3. The zero-order valence-electron chi connectivity index (χ0n) is 12.5. The molecule has 1 amide bonds. The molecule has 4 rings (SSSR count). The molecule has 114 valence electrons. The number of ether oxygens (including phenoxy) is 1. The summed E-state index contributed by atoms with van der Waals surface area (Å²) in [4.78, 5) is 16.0. The van der Waals surface area contributed by atoms with Gasteiger partial charge >= 0.3 is 0 Å². The van der Waals surface area contributed by atoms with E-state index in [0.29, 0.717) is 12.3 Å². The number of aryl methyl sites for hydroxylation is 1. The molecule has 0 aromatic carbocycles. The third kappa shape index (κ3) is 2.53. The van der Waals surface area contributed by atoms with Gasteiger partial charge in [-0.1, -0.05) is 0 Å². The minimum atomic E-state index is 0.254. The fourth-order valence-corrected chi connectivity index (χ4v) is 5.26. The van der Waals surface area contributed by atoms with E-state index in [-0.39, 0.29) is 5.41 Å². The summed E-state index contributed by atoms with van der Waals surface area (Å²) in [7, 11) is 0. The number of likely N-dealkylation sites (tertiary alicyclic amines) is 1. The molecule has 0 radical (unpaired) electrons. The van der Waals surface area contributed by atoms with E-state index in [1.807, 2.05) is 11.3 Å². The quantitative estimate of drug-likeness (QED) is 0.840. The van der Waals surface area contributed by atoms with E-state index < -0.39 is 0 Å². The summed E-state index contributed by atoms with van der Waals surface area (Å²) >= 11 is 1.90. The lowest BCUT2D eigenvalue weighted by atomic mass is 9.79. The molecule has 0 saturated carbocycles. The van der Waals surface area contributed by atoms with Crippen LogP contribution in [0.2, 0.25) is 0 Å². The molecule has 21 heavy (non-hydrogen) atoms. The Bertz CT molecular complexity index is 545. The van der Waals surface area contributed by atoms with Crippen LogP contribution < -0.4 is 0 Å². The number of piperidine rings is 1. The molecule has 2 saturated heterocycles. The van der Waals surface area contributed by atoms with Crippen molar-refractivity contribution in [1.82, 2.24) is 4.90 Å². The number of hydrogen-bond acceptors (Lipinski definition) is 3. The minimum absolute atomic E-state index is 0.254. The van der Waals surface area contributed by atoms with Crippen LogP contribution in [0.25, 0.3) is 0 Å². The first-order valence-corrected chi connectivity index (χ1v) is 9.07. The first-order chi connectivity index (χ1) is 10.3. The summed E-state index contributed by atoms with van der Waals surface area (Å²) in [5.74, 6) is 0.336. The lowest BCUT2D eigenvalue weighted by Gasteiger charge is -2.39. The molecule has 1 aromatic heterocycles. The highest BCUT2D eigenvalue weighted by molar-refractivity contribution is 7.10. The van der Waals surface area contributed by atoms with Gasteiger partial charge in [0.1, 0.15) is 0 Å². The molecule has 2 fully saturated rings. The van der Waals surface area contributed by atoms with E-state index in [4.69, 9.17) is 4.74 Å². The Labute approximate surface area is 130 Å². The van der Waals surface area contributed by atoms with Crippen LogP contribution in [0.5, 0.6) is 0 Å². The Hall–Kier alpha value is -0.870. The standard InChI is InChI=1S/C17H23NO2S/c19-16-5-6-17(7-8-20-12-17)11-18(16)9-13-10-21-15-4-2-1-3-14(13)15/h10H,1-9,11-12H2. The monoisotopic (exact) mass is 305 g/mol. The van der Waals surface area contributed by atoms with Crippen molar-refractivity contribution in [3.05, 3.63) is 21.4 Å². The summed E-state index contributed by atoms with van der Waals surface area (Å²) < 4.78 is 5.61. The number of fused-ring (bicyclic) bond motifs is 1. The summed E-state index contributed by atoms with van der Waals surface area (Å²) in [6, 6.07) is 0. The number of nitrogens with zero attached hydrogens (tertiary/aromatic N) is 1. The van der Waals surface area contributed by atoms with Crippen LogP contribution in [0.4, 0.5) is 0 Å². The van der Waals surface area contributed by atoms with Crippen LogP contribution in [0.1, 0.15) is 48.1 Å². The Morgan fingerprint density at radius 2 is 2.14 bits per heavy atom. The minimum Gasteiger partial charge on any atom is -0.381 e. The predicted molar refractivity (Wildman–Crippen MR) is 83.5 cm³/mol. The van der Waals surface area contributed by atoms with E-state index in [0.717, 1.165) is 39.1 Å². The van der Waals surface area contributed by atoms with E-state index in [1.54, 1.807) is 10.4 Å². The van der Waals surface area contributed by atoms with Crippen molar-refractivity contribution >= 4 is 17.2 Å². The SMILES string of the molecule is O=C1CCC2(CCOC2)CN1Cc1csc2c1CCCC2. The Morgan fingerprint density at radius 1 is 1.24 bits per heavy atom. The van der Waals surface area contributed by atoms with Gasteiger partial charge in [-0.05, 0) is 55.0 Å². The number of hydrogen-bond donors (Lipinski definition) is 0. The maximum absolute atomic E-state index is 12.3. The molecule has 2 aliphatic heterocycles. The lowest BCUT2D eigenvalue weighted by Crippen LogP contribution is -2.46. The second kappa shape index (κ2) is 5.40. The van der Waals surface area contributed by atoms with Crippen molar-refractivity contribution < 1.29 is 9.53 Å². The van der Waals surface area contributed by atoms with Gasteiger partial charge in [0.2, 0.25) is 5.91 Å². The van der Waals surface area contributed by atoms with Gasteiger partial charge in [-0.15, -0.1) is 11.3 Å². The molecule has 1 spiro atoms. The normalized spacial score (nSPS) is 29.1. The van der Waals surface area contributed by atoms with Gasteiger partial charge in [0.25, 0.3) is 0 Å². The van der Waals surface area contributed by atoms with E-state index in [2.05, 4.69) is 10.3 Å². The summed E-state index contributed by atoms with van der Waals surface area (Å²) in [6.07, 6.45) is 7.94. The Balaban J connectivity index is 1.52. The van der Waals surface area contributed by atoms with Crippen LogP contribution in [0.15, 0.2) is 5.38 Å². The van der Waals surface area contributed by atoms with Crippen molar-refractivity contribution in [3.8, 4) is 0 Å². The van der Waals surface area contributed by atoms with Gasteiger partial charge in [-0.2, -0.15) is 0 Å². The molecule has 0 bridgehead atoms. The van der Waals surface area contributed by atoms with E-state index in [9.17, 15) is 4.79 Å². The zero-order valence-corrected chi connectivity index (χ0v) is 13.3. The average Bonchev–Trinajstić information content (AvgIpc) is 3.12. The third-order valence-electron chi connectivity index (χ3n) is 5.44. The summed E-state index contributed by atoms with van der Waals surface area (Å²) in [5, 5.41) is 2.30. The number of amides is 1. The summed E-state index contributed by atoms with van der Waals surface area (Å²) in [6.45, 7) is 3.44. The van der Waals surface area contributed by atoms with Crippen molar-refractivity contribution in [2.45, 2.75) is 51.5 Å². The average molecular weight is 305 g/mol. The van der Waals surface area contributed by atoms with Gasteiger partial charge in [0, 0.05) is 36.4 Å². The van der Waals surface area contributed by atoms with Crippen LogP contribution in [-0.2, 0) is 28.9 Å². The molecule has 3 nitrogen and oxygen atoms in total. The molecule has 3 heterocycles. The fourth-order valence-electron chi connectivity index (χ4n) is 4.12. The molecule has 1 aromatic rings. The molecule has 1 unspecified atom stereocenters. The Kier molecular flexibility index (Phi) is 3.54. The van der Waals surface area contributed by atoms with Gasteiger partial charge in [-0.25, -0.2) is 0 Å². The van der Waals surface area contributed by atoms with Crippen molar-refractivity contribution in [2.24, 2.45) is 5.41 Å². The molecule has 1 atom stereocenters. The number of carbonyl (C=O) groups is 1. The third-order valence-corrected chi connectivity index (χ3v) is 6.58. The van der Waals surface area contributed by atoms with Crippen molar-refractivity contribution in [3.63, 3.8) is 0 Å². The molecule has 0 N–H and O–H groups in total. The van der Waals surface area contributed by atoms with E-state index >= 15 is 0 Å². The maximum Gasteiger partial charge on any atom is 0.222 e. The van der Waals surface area contributed by atoms with Crippen LogP contribution in [-0.4, -0.2) is 30.6 Å². The van der Waals surface area contributed by atoms with Crippen LogP contribution in [0.3, 0.4) is 0 Å². The number of rotatable bonds is 2. The molecule has 4 heteroatoms. The number of thiophene rings is 1. The topological polar surface area (TPSA) is 29.5 Å². The van der Waals surface area contributed by atoms with Crippen molar-refractivity contribution in [2.75, 3.05) is 19.8 Å². The van der Waals surface area contributed by atoms with Gasteiger partial charge < -0.3 is 9.64 Å². The highest BCUT2D eigenvalue weighted by atomic mass is 32.1. The molecular weight excluding hydrogens is 282 g/mol. The van der Waals surface area contributed by atoms with Crippen LogP contribution in [0, 0.1) is 5.41 Å². The largest absolute Gasteiger partial charge is 0.381 e. The van der Waals surface area contributed by atoms with E-state index in [1.165, 1.54) is 31.2 Å². The fraction of sp³-hybridized carbons (Fsp3) is 0.706. The van der Waals surface area contributed by atoms with Crippen LogP contribution >= 0.6 is 11.3 Å². The Morgan fingerprint density at radius 3 is 3.00 bits per heavy atom. The lowest BCUT2D eigenvalue weighted by molar-refractivity contribution is -0.138.